The van der Waals surface area contributed by atoms with E-state index in [0.717, 1.165) is 30.3 Å². The van der Waals surface area contributed by atoms with Gasteiger partial charge in [0, 0.05) is 31.9 Å². The number of aliphatic hydroxyl groups is 1. The first-order valence-corrected chi connectivity index (χ1v) is 8.79. The van der Waals surface area contributed by atoms with Crippen LogP contribution in [-0.2, 0) is 12.8 Å². The largest absolute Gasteiger partial charge is 0.492 e. The van der Waals surface area contributed by atoms with E-state index in [-0.39, 0.29) is 18.5 Å². The standard InChI is InChI=1S/C19H22F3N3O2/c20-19(21,22)17-2-1-8-23-18(17)24-15-7-9-25(12-15)10-11-27-16-5-3-14(13-26)4-6-16/h1-6,8,15,26H,7,9-13H2,(H,23,24). The second-order valence-corrected chi connectivity index (χ2v) is 6.48. The van der Waals surface area contributed by atoms with E-state index in [4.69, 9.17) is 9.84 Å². The second-order valence-electron chi connectivity index (χ2n) is 6.48. The second kappa shape index (κ2) is 8.58. The van der Waals surface area contributed by atoms with Gasteiger partial charge in [0.25, 0.3) is 0 Å². The van der Waals surface area contributed by atoms with Crippen LogP contribution in [0.25, 0.3) is 0 Å². The number of likely N-dealkylation sites (tertiary alicyclic amines) is 1. The average Bonchev–Trinajstić information content (AvgIpc) is 3.09. The Labute approximate surface area is 155 Å². The Kier molecular flexibility index (Phi) is 6.18. The molecule has 1 aliphatic rings. The Balaban J connectivity index is 1.46. The third-order valence-corrected chi connectivity index (χ3v) is 4.51. The fourth-order valence-electron chi connectivity index (χ4n) is 3.08. The van der Waals surface area contributed by atoms with Gasteiger partial charge >= 0.3 is 6.18 Å². The zero-order chi connectivity index (χ0) is 19.3. The van der Waals surface area contributed by atoms with Crippen molar-refractivity contribution in [1.29, 1.82) is 0 Å². The number of hydrogen-bond acceptors (Lipinski definition) is 5. The zero-order valence-electron chi connectivity index (χ0n) is 14.7. The highest BCUT2D eigenvalue weighted by molar-refractivity contribution is 5.46. The fraction of sp³-hybridized carbons (Fsp3) is 0.421. The summed E-state index contributed by atoms with van der Waals surface area (Å²) >= 11 is 0. The average molecular weight is 381 g/mol. The molecule has 1 aliphatic heterocycles. The summed E-state index contributed by atoms with van der Waals surface area (Å²) in [6.45, 7) is 2.60. The molecule has 2 aromatic rings. The predicted octanol–water partition coefficient (Wildman–Crippen LogP) is 3.16. The van der Waals surface area contributed by atoms with E-state index < -0.39 is 11.7 Å². The minimum Gasteiger partial charge on any atom is -0.492 e. The van der Waals surface area contributed by atoms with Crippen LogP contribution < -0.4 is 10.1 Å². The molecule has 0 spiro atoms. The van der Waals surface area contributed by atoms with Gasteiger partial charge in [-0.05, 0) is 36.2 Å². The maximum absolute atomic E-state index is 13.1. The maximum Gasteiger partial charge on any atom is 0.419 e. The number of hydrogen-bond donors (Lipinski definition) is 2. The molecule has 0 saturated carbocycles. The molecule has 0 amide bonds. The van der Waals surface area contributed by atoms with E-state index in [2.05, 4.69) is 15.2 Å². The molecule has 0 bridgehead atoms. The number of alkyl halides is 3. The van der Waals surface area contributed by atoms with Crippen molar-refractivity contribution in [2.45, 2.75) is 25.2 Å². The van der Waals surface area contributed by atoms with Crippen LogP contribution in [0.15, 0.2) is 42.6 Å². The number of ether oxygens (including phenoxy) is 1. The Morgan fingerprint density at radius 1 is 1.22 bits per heavy atom. The summed E-state index contributed by atoms with van der Waals surface area (Å²) in [6, 6.07) is 9.47. The Morgan fingerprint density at radius 3 is 2.70 bits per heavy atom. The summed E-state index contributed by atoms with van der Waals surface area (Å²) in [4.78, 5) is 6.01. The molecule has 1 aromatic carbocycles. The summed E-state index contributed by atoms with van der Waals surface area (Å²) in [5, 5.41) is 11.9. The molecule has 3 rings (SSSR count). The molecule has 1 saturated heterocycles. The van der Waals surface area contributed by atoms with Crippen molar-refractivity contribution in [3.8, 4) is 5.75 Å². The van der Waals surface area contributed by atoms with Gasteiger partial charge in [0.05, 0.1) is 12.2 Å². The lowest BCUT2D eigenvalue weighted by Crippen LogP contribution is -2.30. The van der Waals surface area contributed by atoms with Crippen molar-refractivity contribution < 1.29 is 23.0 Å². The summed E-state index contributed by atoms with van der Waals surface area (Å²) in [5.74, 6) is 0.612. The van der Waals surface area contributed by atoms with Crippen molar-refractivity contribution >= 4 is 5.82 Å². The molecule has 5 nitrogen and oxygen atoms in total. The molecule has 27 heavy (non-hydrogen) atoms. The molecule has 0 aliphatic carbocycles. The van der Waals surface area contributed by atoms with Crippen LogP contribution in [0.1, 0.15) is 17.5 Å². The number of halogens is 3. The van der Waals surface area contributed by atoms with Crippen molar-refractivity contribution in [3.63, 3.8) is 0 Å². The van der Waals surface area contributed by atoms with Crippen molar-refractivity contribution in [2.75, 3.05) is 31.6 Å². The summed E-state index contributed by atoms with van der Waals surface area (Å²) in [6.07, 6.45) is -2.31. The normalized spacial score (nSPS) is 17.9. The van der Waals surface area contributed by atoms with Gasteiger partial charge in [-0.1, -0.05) is 12.1 Å². The van der Waals surface area contributed by atoms with Gasteiger partial charge < -0.3 is 15.2 Å². The fourth-order valence-corrected chi connectivity index (χ4v) is 3.08. The van der Waals surface area contributed by atoms with Crippen LogP contribution in [0.4, 0.5) is 19.0 Å². The molecule has 8 heteroatoms. The van der Waals surface area contributed by atoms with Gasteiger partial charge in [-0.15, -0.1) is 0 Å². The van der Waals surface area contributed by atoms with Crippen LogP contribution in [0.2, 0.25) is 0 Å². The van der Waals surface area contributed by atoms with Gasteiger partial charge in [-0.2, -0.15) is 13.2 Å². The first-order chi connectivity index (χ1) is 13.0. The van der Waals surface area contributed by atoms with Crippen LogP contribution in [0, 0.1) is 0 Å². The van der Waals surface area contributed by atoms with Crippen molar-refractivity contribution in [3.05, 3.63) is 53.7 Å². The molecule has 0 radical (unpaired) electrons. The molecule has 1 aromatic heterocycles. The minimum atomic E-state index is -4.42. The predicted molar refractivity (Wildman–Crippen MR) is 95.6 cm³/mol. The summed E-state index contributed by atoms with van der Waals surface area (Å²) in [5.41, 5.74) is 0.0849. The Hall–Kier alpha value is -2.32. The van der Waals surface area contributed by atoms with E-state index in [9.17, 15) is 13.2 Å². The SMILES string of the molecule is OCc1ccc(OCCN2CCC(Nc3ncccc3C(F)(F)F)C2)cc1. The van der Waals surface area contributed by atoms with Gasteiger partial charge in [0.1, 0.15) is 18.2 Å². The highest BCUT2D eigenvalue weighted by atomic mass is 19.4. The lowest BCUT2D eigenvalue weighted by atomic mass is 10.2. The number of aromatic nitrogens is 1. The molecule has 2 heterocycles. The van der Waals surface area contributed by atoms with Crippen molar-refractivity contribution in [2.24, 2.45) is 0 Å². The van der Waals surface area contributed by atoms with Gasteiger partial charge in [-0.3, -0.25) is 4.90 Å². The third kappa shape index (κ3) is 5.33. The number of aliphatic hydroxyl groups excluding tert-OH is 1. The molecule has 1 fully saturated rings. The quantitative estimate of drug-likeness (QED) is 0.772. The van der Waals surface area contributed by atoms with Crippen LogP contribution in [0.5, 0.6) is 5.75 Å². The number of anilines is 1. The number of nitrogens with one attached hydrogen (secondary N) is 1. The summed E-state index contributed by atoms with van der Waals surface area (Å²) < 4.78 is 44.8. The highest BCUT2D eigenvalue weighted by Gasteiger charge is 2.35. The van der Waals surface area contributed by atoms with E-state index >= 15 is 0 Å². The number of benzene rings is 1. The van der Waals surface area contributed by atoms with Crippen LogP contribution >= 0.6 is 0 Å². The Bertz CT molecular complexity index is 738. The first kappa shape index (κ1) is 19.4. The zero-order valence-corrected chi connectivity index (χ0v) is 14.7. The number of pyridine rings is 1. The maximum atomic E-state index is 13.1. The van der Waals surface area contributed by atoms with E-state index in [1.807, 2.05) is 0 Å². The smallest absolute Gasteiger partial charge is 0.419 e. The molecule has 2 N–H and O–H groups in total. The highest BCUT2D eigenvalue weighted by Crippen LogP contribution is 2.34. The molecule has 1 unspecified atom stereocenters. The van der Waals surface area contributed by atoms with E-state index in [0.29, 0.717) is 19.7 Å². The lowest BCUT2D eigenvalue weighted by molar-refractivity contribution is -0.137. The minimum absolute atomic E-state index is 0.00519. The van der Waals surface area contributed by atoms with E-state index in [1.165, 1.54) is 12.3 Å². The van der Waals surface area contributed by atoms with Crippen molar-refractivity contribution in [1.82, 2.24) is 9.88 Å². The third-order valence-electron chi connectivity index (χ3n) is 4.51. The molecular weight excluding hydrogens is 359 g/mol. The van der Waals surface area contributed by atoms with E-state index in [1.54, 1.807) is 24.3 Å². The summed E-state index contributed by atoms with van der Waals surface area (Å²) in [7, 11) is 0. The molecule has 146 valence electrons. The van der Waals surface area contributed by atoms with Gasteiger partial charge in [0.2, 0.25) is 0 Å². The number of rotatable bonds is 7. The van der Waals surface area contributed by atoms with Gasteiger partial charge in [-0.25, -0.2) is 4.98 Å². The number of nitrogens with zero attached hydrogens (tertiary/aromatic N) is 2. The first-order valence-electron chi connectivity index (χ1n) is 8.79. The van der Waals surface area contributed by atoms with Crippen LogP contribution in [0.3, 0.4) is 0 Å². The van der Waals surface area contributed by atoms with Gasteiger partial charge in [0.15, 0.2) is 0 Å². The molecular formula is C19H22F3N3O2. The van der Waals surface area contributed by atoms with Crippen LogP contribution in [-0.4, -0.2) is 47.3 Å². The Morgan fingerprint density at radius 2 is 2.00 bits per heavy atom. The monoisotopic (exact) mass is 381 g/mol. The lowest BCUT2D eigenvalue weighted by Gasteiger charge is -2.19. The topological polar surface area (TPSA) is 57.6 Å². The molecule has 1 atom stereocenters.